The van der Waals surface area contributed by atoms with E-state index in [2.05, 4.69) is 23.8 Å². The molecular weight excluding hydrogens is 280 g/mol. The smallest absolute Gasteiger partial charge is 0.150 e. The van der Waals surface area contributed by atoms with Gasteiger partial charge in [-0.25, -0.2) is 0 Å². The highest BCUT2D eigenvalue weighted by atomic mass is 35.5. The average Bonchev–Trinajstić information content (AvgIpc) is 2.83. The van der Waals surface area contributed by atoms with Crippen LogP contribution in [-0.4, -0.2) is 16.8 Å². The number of hydrogen-bond donors (Lipinski definition) is 1. The predicted octanol–water partition coefficient (Wildman–Crippen LogP) is 3.48. The van der Waals surface area contributed by atoms with Gasteiger partial charge in [0.2, 0.25) is 0 Å². The molecule has 0 spiro atoms. The Kier molecular flexibility index (Phi) is 4.06. The number of hydrogen-bond acceptors (Lipinski definition) is 4. The molecule has 0 radical (unpaired) electrons. The van der Waals surface area contributed by atoms with E-state index in [4.69, 9.17) is 17.3 Å². The van der Waals surface area contributed by atoms with Gasteiger partial charge in [-0.2, -0.15) is 5.10 Å². The quantitative estimate of drug-likeness (QED) is 0.940. The van der Waals surface area contributed by atoms with Crippen LogP contribution in [0.5, 0.6) is 0 Å². The normalized spacial score (nSPS) is 11.3. The van der Waals surface area contributed by atoms with Gasteiger partial charge in [-0.05, 0) is 18.1 Å². The molecule has 0 saturated carbocycles. The molecule has 0 atom stereocenters. The lowest BCUT2D eigenvalue weighted by Crippen LogP contribution is -2.19. The summed E-state index contributed by atoms with van der Waals surface area (Å²) in [5.41, 5.74) is 7.94. The summed E-state index contributed by atoms with van der Waals surface area (Å²) >= 11 is 7.54. The Morgan fingerprint density at radius 1 is 1.47 bits per heavy atom. The topological polar surface area (TPSA) is 47.1 Å². The molecule has 0 aliphatic heterocycles. The van der Waals surface area contributed by atoms with Crippen LogP contribution in [0, 0.1) is 0 Å². The van der Waals surface area contributed by atoms with E-state index in [-0.39, 0.29) is 0 Å². The number of anilines is 2. The molecule has 104 valence electrons. The highest BCUT2D eigenvalue weighted by molar-refractivity contribution is 7.16. The zero-order valence-electron chi connectivity index (χ0n) is 11.6. The van der Waals surface area contributed by atoms with Crippen LogP contribution in [-0.2, 0) is 13.6 Å². The fourth-order valence-electron chi connectivity index (χ4n) is 2.18. The molecule has 0 aliphatic rings. The third kappa shape index (κ3) is 2.87. The summed E-state index contributed by atoms with van der Waals surface area (Å²) in [5, 5.41) is 4.50. The molecule has 0 unspecified atom stereocenters. The van der Waals surface area contributed by atoms with Crippen molar-refractivity contribution in [2.75, 3.05) is 17.7 Å². The third-order valence-electron chi connectivity index (χ3n) is 3.01. The van der Waals surface area contributed by atoms with Crippen LogP contribution in [0.2, 0.25) is 4.34 Å². The van der Waals surface area contributed by atoms with E-state index in [1.165, 1.54) is 4.88 Å². The van der Waals surface area contributed by atoms with Crippen molar-refractivity contribution in [3.05, 3.63) is 27.0 Å². The number of nitrogen functional groups attached to an aromatic ring is 1. The Bertz CT molecular complexity index is 573. The van der Waals surface area contributed by atoms with E-state index < -0.39 is 0 Å². The van der Waals surface area contributed by atoms with Crippen molar-refractivity contribution in [1.82, 2.24) is 9.78 Å². The maximum absolute atomic E-state index is 6.22. The Morgan fingerprint density at radius 2 is 2.16 bits per heavy atom. The second-order valence-electron chi connectivity index (χ2n) is 4.96. The molecule has 6 heteroatoms. The minimum atomic E-state index is 0.324. The van der Waals surface area contributed by atoms with Crippen LogP contribution >= 0.6 is 22.9 Å². The predicted molar refractivity (Wildman–Crippen MR) is 83.1 cm³/mol. The van der Waals surface area contributed by atoms with Gasteiger partial charge in [0, 0.05) is 19.0 Å². The standard InChI is InChI=1S/C13H19ClN4S/c1-8(2)12-11(15)13(18(4)16-12)17(3)7-9-5-6-10(14)19-9/h5-6,8H,7,15H2,1-4H3. The van der Waals surface area contributed by atoms with Crippen molar-refractivity contribution in [1.29, 1.82) is 0 Å². The number of halogens is 1. The summed E-state index contributed by atoms with van der Waals surface area (Å²) < 4.78 is 2.66. The van der Waals surface area contributed by atoms with Gasteiger partial charge in [-0.1, -0.05) is 25.4 Å². The van der Waals surface area contributed by atoms with Crippen LogP contribution in [0.15, 0.2) is 12.1 Å². The fraction of sp³-hybridized carbons (Fsp3) is 0.462. The van der Waals surface area contributed by atoms with Gasteiger partial charge in [0.25, 0.3) is 0 Å². The molecule has 0 bridgehead atoms. The van der Waals surface area contributed by atoms with Crippen LogP contribution in [0.4, 0.5) is 11.5 Å². The summed E-state index contributed by atoms with van der Waals surface area (Å²) in [4.78, 5) is 3.32. The van der Waals surface area contributed by atoms with Gasteiger partial charge >= 0.3 is 0 Å². The fourth-order valence-corrected chi connectivity index (χ4v) is 3.32. The summed E-state index contributed by atoms with van der Waals surface area (Å²) in [7, 11) is 3.95. The molecule has 4 nitrogen and oxygen atoms in total. The second kappa shape index (κ2) is 5.43. The SMILES string of the molecule is CC(C)c1nn(C)c(N(C)Cc2ccc(Cl)s2)c1N. The van der Waals surface area contributed by atoms with Gasteiger partial charge in [0.05, 0.1) is 22.3 Å². The number of nitrogens with zero attached hydrogens (tertiary/aromatic N) is 3. The van der Waals surface area contributed by atoms with Crippen LogP contribution in [0.25, 0.3) is 0 Å². The zero-order chi connectivity index (χ0) is 14.2. The molecule has 2 aromatic heterocycles. The van der Waals surface area contributed by atoms with Crippen molar-refractivity contribution in [3.8, 4) is 0 Å². The highest BCUT2D eigenvalue weighted by Crippen LogP contribution is 2.31. The second-order valence-corrected chi connectivity index (χ2v) is 6.76. The Morgan fingerprint density at radius 3 is 2.63 bits per heavy atom. The Hall–Kier alpha value is -1.20. The first kappa shape index (κ1) is 14.2. The molecule has 0 saturated heterocycles. The van der Waals surface area contributed by atoms with Gasteiger partial charge in [0.1, 0.15) is 5.82 Å². The van der Waals surface area contributed by atoms with E-state index in [1.807, 2.05) is 30.9 Å². The van der Waals surface area contributed by atoms with E-state index in [1.54, 1.807) is 11.3 Å². The number of thiophene rings is 1. The minimum absolute atomic E-state index is 0.324. The molecule has 0 amide bonds. The van der Waals surface area contributed by atoms with E-state index >= 15 is 0 Å². The summed E-state index contributed by atoms with van der Waals surface area (Å²) in [6, 6.07) is 3.96. The summed E-state index contributed by atoms with van der Waals surface area (Å²) in [6.45, 7) is 4.97. The maximum Gasteiger partial charge on any atom is 0.150 e. The van der Waals surface area contributed by atoms with Crippen molar-refractivity contribution < 1.29 is 0 Å². The minimum Gasteiger partial charge on any atom is -0.394 e. The highest BCUT2D eigenvalue weighted by Gasteiger charge is 2.19. The third-order valence-corrected chi connectivity index (χ3v) is 4.23. The van der Waals surface area contributed by atoms with Gasteiger partial charge in [-0.3, -0.25) is 4.68 Å². The molecule has 0 aromatic carbocycles. The maximum atomic E-state index is 6.22. The number of nitrogens with two attached hydrogens (primary N) is 1. The zero-order valence-corrected chi connectivity index (χ0v) is 13.2. The summed E-state index contributed by atoms with van der Waals surface area (Å²) in [5.74, 6) is 1.28. The number of aromatic nitrogens is 2. The van der Waals surface area contributed by atoms with Crippen LogP contribution in [0.3, 0.4) is 0 Å². The van der Waals surface area contributed by atoms with E-state index in [0.29, 0.717) is 5.92 Å². The molecule has 2 heterocycles. The molecule has 2 N–H and O–H groups in total. The van der Waals surface area contributed by atoms with Crippen molar-refractivity contribution in [2.24, 2.45) is 7.05 Å². The van der Waals surface area contributed by atoms with Crippen molar-refractivity contribution in [3.63, 3.8) is 0 Å². The Balaban J connectivity index is 2.26. The van der Waals surface area contributed by atoms with Gasteiger partial charge in [0.15, 0.2) is 0 Å². The monoisotopic (exact) mass is 298 g/mol. The molecular formula is C13H19ClN4S. The molecule has 0 fully saturated rings. The first-order valence-electron chi connectivity index (χ1n) is 6.17. The first-order chi connectivity index (χ1) is 8.90. The first-order valence-corrected chi connectivity index (χ1v) is 7.37. The summed E-state index contributed by atoms with van der Waals surface area (Å²) in [6.07, 6.45) is 0. The number of rotatable bonds is 4. The van der Waals surface area contributed by atoms with Crippen molar-refractivity contribution >= 4 is 34.4 Å². The Labute approximate surface area is 122 Å². The van der Waals surface area contributed by atoms with E-state index in [0.717, 1.165) is 28.1 Å². The van der Waals surface area contributed by atoms with Crippen LogP contribution < -0.4 is 10.6 Å². The largest absolute Gasteiger partial charge is 0.394 e. The average molecular weight is 299 g/mol. The number of aryl methyl sites for hydroxylation is 1. The molecule has 2 rings (SSSR count). The lowest BCUT2D eigenvalue weighted by Gasteiger charge is -2.19. The van der Waals surface area contributed by atoms with Gasteiger partial charge in [-0.15, -0.1) is 11.3 Å². The molecule has 0 aliphatic carbocycles. The van der Waals surface area contributed by atoms with Gasteiger partial charge < -0.3 is 10.6 Å². The molecule has 19 heavy (non-hydrogen) atoms. The van der Waals surface area contributed by atoms with Crippen LogP contribution in [0.1, 0.15) is 30.3 Å². The molecule has 2 aromatic rings. The van der Waals surface area contributed by atoms with Crippen molar-refractivity contribution in [2.45, 2.75) is 26.3 Å². The lowest BCUT2D eigenvalue weighted by molar-refractivity contribution is 0.699. The lowest BCUT2D eigenvalue weighted by atomic mass is 10.1. The van der Waals surface area contributed by atoms with E-state index in [9.17, 15) is 0 Å².